The molecule has 3 heterocycles. The van der Waals surface area contributed by atoms with Crippen molar-refractivity contribution in [3.63, 3.8) is 0 Å². The monoisotopic (exact) mass is 553 g/mol. The summed E-state index contributed by atoms with van der Waals surface area (Å²) in [5, 5.41) is 7.56. The summed E-state index contributed by atoms with van der Waals surface area (Å²) < 4.78 is 109. The van der Waals surface area contributed by atoms with Crippen LogP contribution in [0.15, 0.2) is 65.8 Å². The molecule has 3 aromatic rings. The molecule has 14 heteroatoms. The Morgan fingerprint density at radius 2 is 1.56 bits per heavy atom. The molecule has 1 unspecified atom stereocenters. The van der Waals surface area contributed by atoms with Crippen LogP contribution >= 0.6 is 0 Å². The highest BCUT2D eigenvalue weighted by Gasteiger charge is 2.66. The van der Waals surface area contributed by atoms with Crippen molar-refractivity contribution >= 4 is 17.4 Å². The molecule has 0 aliphatic carbocycles. The number of hydrogen-bond donors (Lipinski definition) is 1. The minimum atomic E-state index is -4.75. The molecule has 6 rings (SSSR count). The van der Waals surface area contributed by atoms with Crippen molar-refractivity contribution in [1.82, 2.24) is 5.01 Å². The van der Waals surface area contributed by atoms with Gasteiger partial charge >= 0.3 is 24.4 Å². The normalized spacial score (nSPS) is 21.3. The molecule has 0 saturated carbocycles. The number of nitrogens with one attached hydrogen (secondary N) is 1. The summed E-state index contributed by atoms with van der Waals surface area (Å²) in [6.07, 6.45) is -8.60. The molecule has 39 heavy (non-hydrogen) atoms. The zero-order chi connectivity index (χ0) is 27.7. The Bertz CT molecular complexity index is 1530. The number of carbonyl (C=O) groups is 1. The predicted molar refractivity (Wildman–Crippen MR) is 120 cm³/mol. The number of rotatable bonds is 3. The molecule has 7 nitrogen and oxygen atoms in total. The maximum atomic E-state index is 14.1. The number of nitrogens with zero attached hydrogens (tertiary/aromatic N) is 2. The molecule has 2 amide bonds. The summed E-state index contributed by atoms with van der Waals surface area (Å²) in [4.78, 5) is 13.0. The molecule has 0 aromatic heterocycles. The number of amides is 2. The van der Waals surface area contributed by atoms with Crippen molar-refractivity contribution in [3.05, 3.63) is 83.2 Å². The van der Waals surface area contributed by atoms with Crippen molar-refractivity contribution in [2.24, 2.45) is 5.10 Å². The minimum Gasteiger partial charge on any atom is -0.427 e. The molecule has 0 bridgehead atoms. The largest absolute Gasteiger partial charge is 0.586 e. The van der Waals surface area contributed by atoms with Gasteiger partial charge in [-0.05, 0) is 53.6 Å². The predicted octanol–water partition coefficient (Wildman–Crippen LogP) is 6.26. The van der Waals surface area contributed by atoms with E-state index < -0.39 is 47.4 Å². The molecule has 0 spiro atoms. The Balaban J connectivity index is 1.29. The van der Waals surface area contributed by atoms with Crippen molar-refractivity contribution in [3.8, 4) is 17.2 Å². The highest BCUT2D eigenvalue weighted by molar-refractivity contribution is 6.08. The zero-order valence-corrected chi connectivity index (χ0v) is 19.2. The van der Waals surface area contributed by atoms with Gasteiger partial charge < -0.3 is 19.5 Å². The van der Waals surface area contributed by atoms with Crippen LogP contribution in [0.2, 0.25) is 0 Å². The van der Waals surface area contributed by atoms with Gasteiger partial charge in [0.15, 0.2) is 11.5 Å². The van der Waals surface area contributed by atoms with Crippen molar-refractivity contribution in [1.29, 1.82) is 0 Å². The molecule has 202 valence electrons. The summed E-state index contributed by atoms with van der Waals surface area (Å²) in [6, 6.07) is 10.9. The Hall–Kier alpha value is -4.49. The Kier molecular flexibility index (Phi) is 5.25. The summed E-state index contributed by atoms with van der Waals surface area (Å²) >= 11 is 0. The Labute approximate surface area is 214 Å². The molecule has 1 N–H and O–H groups in total. The average molecular weight is 553 g/mol. The molecule has 0 fully saturated rings. The van der Waals surface area contributed by atoms with E-state index in [-0.39, 0.29) is 29.4 Å². The first-order valence-electron chi connectivity index (χ1n) is 11.2. The second-order valence-corrected chi connectivity index (χ2v) is 8.83. The van der Waals surface area contributed by atoms with E-state index in [1.54, 1.807) is 0 Å². The fourth-order valence-corrected chi connectivity index (χ4v) is 4.44. The van der Waals surface area contributed by atoms with Crippen LogP contribution in [0.3, 0.4) is 0 Å². The second kappa shape index (κ2) is 8.25. The third-order valence-corrected chi connectivity index (χ3v) is 6.29. The van der Waals surface area contributed by atoms with Gasteiger partial charge in [0.1, 0.15) is 11.6 Å². The van der Waals surface area contributed by atoms with Gasteiger partial charge in [-0.3, -0.25) is 0 Å². The molecular weight excluding hydrogens is 539 g/mol. The van der Waals surface area contributed by atoms with Gasteiger partial charge in [0.2, 0.25) is 0 Å². The van der Waals surface area contributed by atoms with E-state index in [4.69, 9.17) is 0 Å². The van der Waals surface area contributed by atoms with Crippen molar-refractivity contribution < 1.29 is 49.7 Å². The van der Waals surface area contributed by atoms with Crippen LogP contribution in [0, 0.1) is 5.82 Å². The number of alkyl halides is 6. The number of carbonyl (C=O) groups excluding carboxylic acids is 1. The van der Waals surface area contributed by atoms with Gasteiger partial charge in [0, 0.05) is 11.6 Å². The standard InChI is InChI=1S/C25H14F7N3O4/c26-14-4-1-12(2-5-14)21-16(13-3-7-19-20(9-13)39-25(31,32)38-19)11-35(34-21)22(36)33-15-6-8-18-17(10-15)23(27,28)24(29,30)37-18/h1-10,16H,11H2,(H,33,36). The fraction of sp³-hybridized carbons (Fsp3) is 0.200. The Morgan fingerprint density at radius 3 is 2.31 bits per heavy atom. The maximum absolute atomic E-state index is 14.1. The van der Waals surface area contributed by atoms with E-state index in [0.717, 1.165) is 17.1 Å². The van der Waals surface area contributed by atoms with E-state index in [1.807, 2.05) is 0 Å². The summed E-state index contributed by atoms with van der Waals surface area (Å²) in [5.41, 5.74) is -0.241. The van der Waals surface area contributed by atoms with Crippen LogP contribution < -0.4 is 19.5 Å². The number of hydrazone groups is 1. The minimum absolute atomic E-state index is 0.142. The van der Waals surface area contributed by atoms with Crippen molar-refractivity contribution in [2.75, 3.05) is 11.9 Å². The van der Waals surface area contributed by atoms with Crippen LogP contribution in [-0.2, 0) is 5.92 Å². The summed E-state index contributed by atoms with van der Waals surface area (Å²) in [5.74, 6) is -7.02. The molecule has 0 saturated heterocycles. The molecule has 0 radical (unpaired) electrons. The summed E-state index contributed by atoms with van der Waals surface area (Å²) in [6.45, 7) is -0.142. The third kappa shape index (κ3) is 4.15. The van der Waals surface area contributed by atoms with Gasteiger partial charge in [-0.25, -0.2) is 14.2 Å². The van der Waals surface area contributed by atoms with E-state index >= 15 is 0 Å². The van der Waals surface area contributed by atoms with Crippen LogP contribution in [0.5, 0.6) is 17.2 Å². The molecule has 3 aromatic carbocycles. The smallest absolute Gasteiger partial charge is 0.427 e. The van der Waals surface area contributed by atoms with Crippen LogP contribution in [0.25, 0.3) is 0 Å². The van der Waals surface area contributed by atoms with E-state index in [1.165, 1.54) is 42.5 Å². The first-order chi connectivity index (χ1) is 18.3. The van der Waals surface area contributed by atoms with E-state index in [0.29, 0.717) is 17.2 Å². The van der Waals surface area contributed by atoms with Gasteiger partial charge in [-0.2, -0.15) is 22.7 Å². The SMILES string of the molecule is O=C(Nc1ccc2c(c1)C(F)(F)C(F)(F)O2)N1CC(c2ccc3c(c2)OC(F)(F)O3)C(c2ccc(F)cc2)=N1. The number of ether oxygens (including phenoxy) is 3. The van der Waals surface area contributed by atoms with E-state index in [9.17, 15) is 35.5 Å². The molecule has 3 aliphatic rings. The lowest BCUT2D eigenvalue weighted by atomic mass is 9.90. The van der Waals surface area contributed by atoms with Crippen LogP contribution in [0.1, 0.15) is 22.6 Å². The summed E-state index contributed by atoms with van der Waals surface area (Å²) in [7, 11) is 0. The number of benzene rings is 3. The topological polar surface area (TPSA) is 72.4 Å². The van der Waals surface area contributed by atoms with E-state index in [2.05, 4.69) is 24.6 Å². The number of urea groups is 1. The highest BCUT2D eigenvalue weighted by Crippen LogP contribution is 2.54. The third-order valence-electron chi connectivity index (χ3n) is 6.29. The average Bonchev–Trinajstić information content (AvgIpc) is 3.49. The van der Waals surface area contributed by atoms with Gasteiger partial charge in [0.25, 0.3) is 0 Å². The number of halogens is 7. The lowest BCUT2D eigenvalue weighted by molar-refractivity contribution is -0.296. The van der Waals surface area contributed by atoms with Crippen LogP contribution in [0.4, 0.5) is 41.2 Å². The number of fused-ring (bicyclic) bond motifs is 2. The first-order valence-corrected chi connectivity index (χ1v) is 11.2. The highest BCUT2D eigenvalue weighted by atomic mass is 19.3. The fourth-order valence-electron chi connectivity index (χ4n) is 4.44. The van der Waals surface area contributed by atoms with Crippen molar-refractivity contribution in [2.45, 2.75) is 24.2 Å². The quantitative estimate of drug-likeness (QED) is 0.389. The lowest BCUT2D eigenvalue weighted by Gasteiger charge is -2.17. The second-order valence-electron chi connectivity index (χ2n) is 8.83. The van der Waals surface area contributed by atoms with Gasteiger partial charge in [0.05, 0.1) is 17.8 Å². The lowest BCUT2D eigenvalue weighted by Crippen LogP contribution is -2.37. The van der Waals surface area contributed by atoms with Gasteiger partial charge in [-0.1, -0.05) is 18.2 Å². The maximum Gasteiger partial charge on any atom is 0.586 e. The zero-order valence-electron chi connectivity index (χ0n) is 19.2. The molecule has 1 atom stereocenters. The van der Waals surface area contributed by atoms with Crippen LogP contribution in [-0.4, -0.2) is 35.7 Å². The number of anilines is 1. The Morgan fingerprint density at radius 1 is 0.872 bits per heavy atom. The van der Waals surface area contributed by atoms with Gasteiger partial charge in [-0.15, -0.1) is 8.78 Å². The first kappa shape index (κ1) is 24.8. The molecule has 3 aliphatic heterocycles. The molecular formula is C25H14F7N3O4. The number of hydrogen-bond acceptors (Lipinski definition) is 5.